The lowest BCUT2D eigenvalue weighted by atomic mass is 9.74. The molecule has 132 valence electrons. The van der Waals surface area contributed by atoms with Crippen molar-refractivity contribution in [3.8, 4) is 0 Å². The Morgan fingerprint density at radius 3 is 2.50 bits per heavy atom. The average molecular weight is 333 g/mol. The first-order valence-corrected chi connectivity index (χ1v) is 8.74. The van der Waals surface area contributed by atoms with Crippen LogP contribution in [0, 0.1) is 5.41 Å². The fourth-order valence-corrected chi connectivity index (χ4v) is 3.15. The van der Waals surface area contributed by atoms with E-state index in [9.17, 15) is 14.7 Å². The predicted molar refractivity (Wildman–Crippen MR) is 91.5 cm³/mol. The van der Waals surface area contributed by atoms with Crippen LogP contribution < -0.4 is 5.32 Å². The first-order chi connectivity index (χ1) is 11.6. The predicted octanol–water partition coefficient (Wildman–Crippen LogP) is 3.13. The first-order valence-electron chi connectivity index (χ1n) is 8.74. The molecular formula is C19H27NO4. The zero-order chi connectivity index (χ0) is 17.3. The van der Waals surface area contributed by atoms with Crippen molar-refractivity contribution in [1.29, 1.82) is 0 Å². The highest BCUT2D eigenvalue weighted by molar-refractivity contribution is 5.79. The number of hydrogen-bond acceptors (Lipinski definition) is 3. The summed E-state index contributed by atoms with van der Waals surface area (Å²) in [4.78, 5) is 23.5. The van der Waals surface area contributed by atoms with Gasteiger partial charge in [-0.3, -0.25) is 9.59 Å². The summed E-state index contributed by atoms with van der Waals surface area (Å²) in [6, 6.07) is 9.90. The van der Waals surface area contributed by atoms with Crippen LogP contribution in [0.2, 0.25) is 0 Å². The molecule has 0 aromatic heterocycles. The third kappa shape index (κ3) is 5.64. The molecular weight excluding hydrogens is 306 g/mol. The number of benzene rings is 1. The van der Waals surface area contributed by atoms with Crippen molar-refractivity contribution < 1.29 is 19.4 Å². The van der Waals surface area contributed by atoms with Crippen LogP contribution in [0.25, 0.3) is 0 Å². The second kappa shape index (κ2) is 9.42. The van der Waals surface area contributed by atoms with Crippen LogP contribution in [-0.4, -0.2) is 30.1 Å². The molecule has 2 N–H and O–H groups in total. The Balaban J connectivity index is 1.61. The molecule has 1 amide bonds. The molecule has 2 rings (SSSR count). The molecule has 5 heteroatoms. The van der Waals surface area contributed by atoms with E-state index >= 15 is 0 Å². The number of carbonyl (C=O) groups is 2. The van der Waals surface area contributed by atoms with Gasteiger partial charge >= 0.3 is 5.97 Å². The van der Waals surface area contributed by atoms with Gasteiger partial charge in [0.25, 0.3) is 0 Å². The lowest BCUT2D eigenvalue weighted by Crippen LogP contribution is -2.44. The van der Waals surface area contributed by atoms with E-state index in [4.69, 9.17) is 4.74 Å². The number of ether oxygens (including phenoxy) is 1. The highest BCUT2D eigenvalue weighted by Gasteiger charge is 2.39. The summed E-state index contributed by atoms with van der Waals surface area (Å²) in [5.74, 6) is -0.877. The van der Waals surface area contributed by atoms with Gasteiger partial charge in [0.15, 0.2) is 0 Å². The maximum Gasteiger partial charge on any atom is 0.311 e. The minimum Gasteiger partial charge on any atom is -0.481 e. The van der Waals surface area contributed by atoms with Gasteiger partial charge in [0, 0.05) is 19.6 Å². The summed E-state index contributed by atoms with van der Waals surface area (Å²) in [7, 11) is 0. The largest absolute Gasteiger partial charge is 0.481 e. The number of amides is 1. The van der Waals surface area contributed by atoms with Crippen LogP contribution in [0.5, 0.6) is 0 Å². The zero-order valence-electron chi connectivity index (χ0n) is 14.1. The van der Waals surface area contributed by atoms with Crippen molar-refractivity contribution >= 4 is 11.9 Å². The van der Waals surface area contributed by atoms with Gasteiger partial charge in [0.05, 0.1) is 12.0 Å². The van der Waals surface area contributed by atoms with E-state index in [2.05, 4.69) is 5.32 Å². The van der Waals surface area contributed by atoms with Gasteiger partial charge in [0.1, 0.15) is 0 Å². The number of carbonyl (C=O) groups excluding carboxylic acids is 1. The van der Waals surface area contributed by atoms with E-state index in [-0.39, 0.29) is 12.5 Å². The van der Waals surface area contributed by atoms with Crippen LogP contribution in [0.15, 0.2) is 30.3 Å². The first kappa shape index (κ1) is 18.5. The third-order valence-electron chi connectivity index (χ3n) is 4.69. The Kier molecular flexibility index (Phi) is 7.25. The van der Waals surface area contributed by atoms with Gasteiger partial charge in [-0.05, 0) is 24.8 Å². The van der Waals surface area contributed by atoms with E-state index in [0.717, 1.165) is 24.8 Å². The van der Waals surface area contributed by atoms with Gasteiger partial charge in [-0.1, -0.05) is 49.6 Å². The Hall–Kier alpha value is -1.88. The highest BCUT2D eigenvalue weighted by Crippen LogP contribution is 2.36. The van der Waals surface area contributed by atoms with Crippen LogP contribution >= 0.6 is 0 Å². The summed E-state index contributed by atoms with van der Waals surface area (Å²) < 4.78 is 5.55. The molecule has 0 radical (unpaired) electrons. The average Bonchev–Trinajstić information content (AvgIpc) is 2.61. The van der Waals surface area contributed by atoms with E-state index in [0.29, 0.717) is 38.9 Å². The van der Waals surface area contributed by atoms with Crippen LogP contribution in [0.1, 0.15) is 50.5 Å². The molecule has 0 bridgehead atoms. The molecule has 1 aliphatic rings. The number of carboxylic acid groups (broad SMARTS) is 1. The molecule has 0 unspecified atom stereocenters. The van der Waals surface area contributed by atoms with E-state index in [1.807, 2.05) is 30.3 Å². The number of rotatable bonds is 9. The minimum absolute atomic E-state index is 0.0930. The van der Waals surface area contributed by atoms with Crippen molar-refractivity contribution in [3.05, 3.63) is 35.9 Å². The molecule has 0 atom stereocenters. The lowest BCUT2D eigenvalue weighted by Gasteiger charge is -2.33. The van der Waals surface area contributed by atoms with Gasteiger partial charge in [-0.2, -0.15) is 0 Å². The molecule has 0 saturated heterocycles. The van der Waals surface area contributed by atoms with E-state index in [1.165, 1.54) is 0 Å². The van der Waals surface area contributed by atoms with Gasteiger partial charge in [-0.15, -0.1) is 0 Å². The van der Waals surface area contributed by atoms with Crippen LogP contribution in [0.4, 0.5) is 0 Å². The normalized spacial score (nSPS) is 16.5. The zero-order valence-corrected chi connectivity index (χ0v) is 14.1. The molecule has 1 fully saturated rings. The molecule has 24 heavy (non-hydrogen) atoms. The standard InChI is InChI=1S/C19H27NO4/c21-17(10-7-13-24-14-16-8-3-1-4-9-16)20-15-19(18(22)23)11-5-2-6-12-19/h1,3-4,8-9H,2,5-7,10-15H2,(H,20,21)(H,22,23). The summed E-state index contributed by atoms with van der Waals surface area (Å²) in [6.45, 7) is 1.31. The van der Waals surface area contributed by atoms with Gasteiger partial charge in [-0.25, -0.2) is 0 Å². The highest BCUT2D eigenvalue weighted by atomic mass is 16.5. The summed E-state index contributed by atoms with van der Waals surface area (Å²) in [5.41, 5.74) is 0.347. The Morgan fingerprint density at radius 2 is 1.83 bits per heavy atom. The van der Waals surface area contributed by atoms with Gasteiger partial charge < -0.3 is 15.2 Å². The third-order valence-corrected chi connectivity index (χ3v) is 4.69. The van der Waals surface area contributed by atoms with Crippen molar-refractivity contribution in [2.24, 2.45) is 5.41 Å². The smallest absolute Gasteiger partial charge is 0.311 e. The summed E-state index contributed by atoms with van der Waals surface area (Å²) in [6.07, 6.45) is 5.25. The second-order valence-corrected chi connectivity index (χ2v) is 6.56. The molecule has 1 aromatic carbocycles. The fourth-order valence-electron chi connectivity index (χ4n) is 3.15. The van der Waals surface area contributed by atoms with Crippen molar-refractivity contribution in [1.82, 2.24) is 5.32 Å². The Labute approximate surface area is 143 Å². The monoisotopic (exact) mass is 333 g/mol. The quantitative estimate of drug-likeness (QED) is 0.681. The van der Waals surface area contributed by atoms with Crippen LogP contribution in [0.3, 0.4) is 0 Å². The van der Waals surface area contributed by atoms with Gasteiger partial charge in [0.2, 0.25) is 5.91 Å². The molecule has 0 spiro atoms. The topological polar surface area (TPSA) is 75.6 Å². The van der Waals surface area contributed by atoms with Crippen molar-refractivity contribution in [2.45, 2.75) is 51.6 Å². The minimum atomic E-state index is -0.784. The molecule has 5 nitrogen and oxygen atoms in total. The van der Waals surface area contributed by atoms with E-state index < -0.39 is 11.4 Å². The summed E-state index contributed by atoms with van der Waals surface area (Å²) >= 11 is 0. The molecule has 1 saturated carbocycles. The number of aliphatic carboxylic acids is 1. The van der Waals surface area contributed by atoms with Crippen molar-refractivity contribution in [3.63, 3.8) is 0 Å². The maximum atomic E-state index is 11.9. The molecule has 0 heterocycles. The maximum absolute atomic E-state index is 11.9. The second-order valence-electron chi connectivity index (χ2n) is 6.56. The lowest BCUT2D eigenvalue weighted by molar-refractivity contribution is -0.151. The Morgan fingerprint density at radius 1 is 1.12 bits per heavy atom. The Bertz CT molecular complexity index is 523. The number of hydrogen-bond donors (Lipinski definition) is 2. The molecule has 0 aliphatic heterocycles. The summed E-state index contributed by atoms with van der Waals surface area (Å²) in [5, 5.41) is 12.3. The van der Waals surface area contributed by atoms with Crippen molar-refractivity contribution in [2.75, 3.05) is 13.2 Å². The molecule has 1 aliphatic carbocycles. The fraction of sp³-hybridized carbons (Fsp3) is 0.579. The molecule has 1 aromatic rings. The number of nitrogens with one attached hydrogen (secondary N) is 1. The van der Waals surface area contributed by atoms with Crippen LogP contribution in [-0.2, 0) is 20.9 Å². The SMILES string of the molecule is O=C(CCCOCc1ccccc1)NCC1(C(=O)O)CCCCC1. The number of carboxylic acids is 1. The van der Waals surface area contributed by atoms with E-state index in [1.54, 1.807) is 0 Å².